The van der Waals surface area contributed by atoms with Gasteiger partial charge in [-0.2, -0.15) is 0 Å². The molecule has 0 saturated carbocycles. The molecule has 0 atom stereocenters. The summed E-state index contributed by atoms with van der Waals surface area (Å²) in [6.45, 7) is 4.02. The molecular formula is C21H24N2O2. The summed E-state index contributed by atoms with van der Waals surface area (Å²) < 4.78 is 11.3. The molecule has 1 aromatic heterocycles. The van der Waals surface area contributed by atoms with Crippen LogP contribution in [-0.4, -0.2) is 32.3 Å². The molecule has 0 radical (unpaired) electrons. The maximum absolute atomic E-state index is 5.98. The van der Waals surface area contributed by atoms with Crippen LogP contribution in [0.15, 0.2) is 48.5 Å². The first-order valence-corrected chi connectivity index (χ1v) is 8.41. The second-order valence-corrected chi connectivity index (χ2v) is 6.51. The fraction of sp³-hybridized carbons (Fsp3) is 0.286. The zero-order valence-electron chi connectivity index (χ0n) is 15.4. The zero-order chi connectivity index (χ0) is 18.0. The highest BCUT2D eigenvalue weighted by atomic mass is 16.5. The number of anilines is 1. The fourth-order valence-corrected chi connectivity index (χ4v) is 2.74. The first kappa shape index (κ1) is 17.1. The summed E-state index contributed by atoms with van der Waals surface area (Å²) in [5.41, 5.74) is 3.08. The summed E-state index contributed by atoms with van der Waals surface area (Å²) >= 11 is 0. The van der Waals surface area contributed by atoms with Crippen molar-refractivity contribution in [1.29, 1.82) is 0 Å². The SMILES string of the molecule is COc1ccc2c(OC(C)C)nc(-c3cccc(N(C)C)c3)cc2c1. The Labute approximate surface area is 149 Å². The van der Waals surface area contributed by atoms with Crippen LogP contribution in [0.2, 0.25) is 0 Å². The van der Waals surface area contributed by atoms with Crippen LogP contribution in [0.1, 0.15) is 13.8 Å². The highest BCUT2D eigenvalue weighted by molar-refractivity contribution is 5.91. The lowest BCUT2D eigenvalue weighted by atomic mass is 10.1. The Morgan fingerprint density at radius 1 is 1.00 bits per heavy atom. The number of pyridine rings is 1. The predicted octanol–water partition coefficient (Wildman–Crippen LogP) is 4.76. The van der Waals surface area contributed by atoms with Crippen molar-refractivity contribution in [2.45, 2.75) is 20.0 Å². The third-order valence-electron chi connectivity index (χ3n) is 4.01. The van der Waals surface area contributed by atoms with Crippen LogP contribution in [-0.2, 0) is 0 Å². The summed E-state index contributed by atoms with van der Waals surface area (Å²) in [7, 11) is 5.74. The smallest absolute Gasteiger partial charge is 0.222 e. The monoisotopic (exact) mass is 336 g/mol. The molecule has 0 N–H and O–H groups in total. The second-order valence-electron chi connectivity index (χ2n) is 6.51. The molecule has 25 heavy (non-hydrogen) atoms. The van der Waals surface area contributed by atoms with Crippen molar-refractivity contribution >= 4 is 16.5 Å². The molecule has 0 saturated heterocycles. The maximum atomic E-state index is 5.98. The van der Waals surface area contributed by atoms with E-state index in [9.17, 15) is 0 Å². The normalized spacial score (nSPS) is 11.0. The highest BCUT2D eigenvalue weighted by Gasteiger charge is 2.12. The molecule has 2 aromatic carbocycles. The molecule has 0 aliphatic rings. The average molecular weight is 336 g/mol. The average Bonchev–Trinajstić information content (AvgIpc) is 2.60. The van der Waals surface area contributed by atoms with Crippen molar-refractivity contribution in [3.05, 3.63) is 48.5 Å². The fourth-order valence-electron chi connectivity index (χ4n) is 2.74. The molecule has 0 bridgehead atoms. The largest absolute Gasteiger partial charge is 0.497 e. The third kappa shape index (κ3) is 3.68. The van der Waals surface area contributed by atoms with Gasteiger partial charge < -0.3 is 14.4 Å². The number of hydrogen-bond acceptors (Lipinski definition) is 4. The Morgan fingerprint density at radius 3 is 2.48 bits per heavy atom. The number of ether oxygens (including phenoxy) is 2. The summed E-state index contributed by atoms with van der Waals surface area (Å²) in [4.78, 5) is 6.87. The molecule has 130 valence electrons. The van der Waals surface area contributed by atoms with Crippen LogP contribution in [0, 0.1) is 0 Å². The van der Waals surface area contributed by atoms with Gasteiger partial charge in [0.05, 0.1) is 18.9 Å². The minimum atomic E-state index is 0.0566. The van der Waals surface area contributed by atoms with Crippen molar-refractivity contribution in [3.63, 3.8) is 0 Å². The van der Waals surface area contributed by atoms with Crippen LogP contribution in [0.3, 0.4) is 0 Å². The molecule has 1 heterocycles. The van der Waals surface area contributed by atoms with Gasteiger partial charge >= 0.3 is 0 Å². The van der Waals surface area contributed by atoms with Crippen molar-refractivity contribution < 1.29 is 9.47 Å². The predicted molar refractivity (Wildman–Crippen MR) is 104 cm³/mol. The maximum Gasteiger partial charge on any atom is 0.222 e. The van der Waals surface area contributed by atoms with Gasteiger partial charge in [0.2, 0.25) is 5.88 Å². The lowest BCUT2D eigenvalue weighted by molar-refractivity contribution is 0.236. The first-order valence-electron chi connectivity index (χ1n) is 8.41. The van der Waals surface area contributed by atoms with E-state index < -0.39 is 0 Å². The molecule has 4 heteroatoms. The number of fused-ring (bicyclic) bond motifs is 1. The van der Waals surface area contributed by atoms with E-state index in [4.69, 9.17) is 14.5 Å². The molecule has 0 spiro atoms. The van der Waals surface area contributed by atoms with Crippen LogP contribution < -0.4 is 14.4 Å². The molecule has 0 fully saturated rings. The first-order chi connectivity index (χ1) is 12.0. The Balaban J connectivity index is 2.19. The quantitative estimate of drug-likeness (QED) is 0.672. The topological polar surface area (TPSA) is 34.6 Å². The minimum absolute atomic E-state index is 0.0566. The van der Waals surface area contributed by atoms with Gasteiger partial charge in [0.15, 0.2) is 0 Å². The van der Waals surface area contributed by atoms with E-state index in [2.05, 4.69) is 29.2 Å². The second kappa shape index (κ2) is 7.01. The minimum Gasteiger partial charge on any atom is -0.497 e. The highest BCUT2D eigenvalue weighted by Crippen LogP contribution is 2.33. The van der Waals surface area contributed by atoms with E-state index in [1.807, 2.05) is 52.2 Å². The number of nitrogens with zero attached hydrogens (tertiary/aromatic N) is 2. The molecule has 0 aliphatic heterocycles. The zero-order valence-corrected chi connectivity index (χ0v) is 15.4. The van der Waals surface area contributed by atoms with Crippen LogP contribution in [0.4, 0.5) is 5.69 Å². The van der Waals surface area contributed by atoms with Gasteiger partial charge in [-0.25, -0.2) is 4.98 Å². The number of aromatic nitrogens is 1. The van der Waals surface area contributed by atoms with E-state index in [-0.39, 0.29) is 6.10 Å². The number of methoxy groups -OCH3 is 1. The van der Waals surface area contributed by atoms with E-state index >= 15 is 0 Å². The van der Waals surface area contributed by atoms with Gasteiger partial charge in [-0.15, -0.1) is 0 Å². The molecule has 3 rings (SSSR count). The molecule has 0 unspecified atom stereocenters. The summed E-state index contributed by atoms with van der Waals surface area (Å²) in [6, 6.07) is 16.4. The Kier molecular flexibility index (Phi) is 4.79. The van der Waals surface area contributed by atoms with Crippen molar-refractivity contribution in [1.82, 2.24) is 4.98 Å². The van der Waals surface area contributed by atoms with Gasteiger partial charge in [0, 0.05) is 30.7 Å². The molecule has 3 aromatic rings. The number of benzene rings is 2. The van der Waals surface area contributed by atoms with Crippen LogP contribution in [0.25, 0.3) is 22.0 Å². The van der Waals surface area contributed by atoms with E-state index in [0.29, 0.717) is 5.88 Å². The Morgan fingerprint density at radius 2 is 1.80 bits per heavy atom. The lowest BCUT2D eigenvalue weighted by Gasteiger charge is -2.16. The Hall–Kier alpha value is -2.75. The standard InChI is InChI=1S/C21H24N2O2/c1-14(2)25-21-19-10-9-18(24-5)12-16(19)13-20(22-21)15-7-6-8-17(11-15)23(3)4/h6-14H,1-5H3. The summed E-state index contributed by atoms with van der Waals surface area (Å²) in [5.74, 6) is 1.47. The number of hydrogen-bond donors (Lipinski definition) is 0. The van der Waals surface area contributed by atoms with Gasteiger partial charge in [-0.1, -0.05) is 12.1 Å². The van der Waals surface area contributed by atoms with Gasteiger partial charge in [0.25, 0.3) is 0 Å². The van der Waals surface area contributed by atoms with Crippen molar-refractivity contribution in [2.24, 2.45) is 0 Å². The van der Waals surface area contributed by atoms with E-state index in [1.54, 1.807) is 7.11 Å². The molecule has 0 amide bonds. The number of rotatable bonds is 5. The van der Waals surface area contributed by atoms with Crippen molar-refractivity contribution in [2.75, 3.05) is 26.1 Å². The summed E-state index contributed by atoms with van der Waals surface area (Å²) in [6.07, 6.45) is 0.0566. The van der Waals surface area contributed by atoms with E-state index in [0.717, 1.165) is 33.5 Å². The third-order valence-corrected chi connectivity index (χ3v) is 4.01. The van der Waals surface area contributed by atoms with Crippen LogP contribution in [0.5, 0.6) is 11.6 Å². The Bertz CT molecular complexity index is 888. The summed E-state index contributed by atoms with van der Waals surface area (Å²) in [5, 5.41) is 2.04. The van der Waals surface area contributed by atoms with Crippen LogP contribution >= 0.6 is 0 Å². The van der Waals surface area contributed by atoms with Gasteiger partial charge in [0.1, 0.15) is 5.75 Å². The molecule has 0 aliphatic carbocycles. The molecule has 4 nitrogen and oxygen atoms in total. The van der Waals surface area contributed by atoms with Crippen molar-refractivity contribution in [3.8, 4) is 22.9 Å². The van der Waals surface area contributed by atoms with E-state index in [1.165, 1.54) is 0 Å². The van der Waals surface area contributed by atoms with Gasteiger partial charge in [-0.05, 0) is 55.6 Å². The van der Waals surface area contributed by atoms with Gasteiger partial charge in [-0.3, -0.25) is 0 Å². The molecular weight excluding hydrogens is 312 g/mol. The lowest BCUT2D eigenvalue weighted by Crippen LogP contribution is -2.09.